The van der Waals surface area contributed by atoms with Crippen molar-refractivity contribution in [2.75, 3.05) is 50.2 Å². The molecule has 0 amide bonds. The van der Waals surface area contributed by atoms with Gasteiger partial charge in [0.25, 0.3) is 0 Å². The fraction of sp³-hybridized carbons (Fsp3) is 0.400. The molecule has 0 N–H and O–H groups in total. The highest BCUT2D eigenvalue weighted by molar-refractivity contribution is 14.1. The van der Waals surface area contributed by atoms with Gasteiger partial charge in [0.1, 0.15) is 0 Å². The number of methoxy groups -OCH3 is 2. The molecule has 1 aliphatic rings. The first-order chi connectivity index (χ1) is 12.3. The van der Waals surface area contributed by atoms with Crippen LogP contribution in [-0.2, 0) is 6.54 Å². The average molecular weight is 454 g/mol. The van der Waals surface area contributed by atoms with E-state index in [2.05, 4.69) is 74.9 Å². The van der Waals surface area contributed by atoms with Gasteiger partial charge in [-0.05, 0) is 34.8 Å². The van der Waals surface area contributed by atoms with Gasteiger partial charge in [0.2, 0.25) is 0 Å². The summed E-state index contributed by atoms with van der Waals surface area (Å²) in [6.45, 7) is 5.23. The second-order valence-corrected chi connectivity index (χ2v) is 5.79. The van der Waals surface area contributed by atoms with E-state index in [4.69, 9.17) is 9.47 Å². The van der Waals surface area contributed by atoms with Gasteiger partial charge >= 0.3 is 0 Å². The van der Waals surface area contributed by atoms with Crippen molar-refractivity contribution in [3.8, 4) is 11.5 Å². The van der Waals surface area contributed by atoms with E-state index in [9.17, 15) is 0 Å². The van der Waals surface area contributed by atoms with Crippen molar-refractivity contribution in [2.24, 2.45) is 0 Å². The second-order valence-electron chi connectivity index (χ2n) is 5.79. The summed E-state index contributed by atoms with van der Waals surface area (Å²) in [5.41, 5.74) is 2.58. The van der Waals surface area contributed by atoms with E-state index in [1.807, 2.05) is 11.0 Å². The van der Waals surface area contributed by atoms with E-state index in [1.54, 1.807) is 14.2 Å². The Morgan fingerprint density at radius 2 is 1.48 bits per heavy atom. The van der Waals surface area contributed by atoms with Crippen LogP contribution in [0.4, 0.5) is 5.69 Å². The van der Waals surface area contributed by atoms with Crippen LogP contribution in [0.25, 0.3) is 0 Å². The van der Waals surface area contributed by atoms with E-state index >= 15 is 0 Å². The molecule has 4 nitrogen and oxygen atoms in total. The Hall–Kier alpha value is -1.47. The van der Waals surface area contributed by atoms with Crippen molar-refractivity contribution in [2.45, 2.75) is 6.54 Å². The number of ether oxygens (including phenoxy) is 2. The molecule has 0 unspecified atom stereocenters. The number of hydrogen-bond donors (Lipinski definition) is 0. The lowest BCUT2D eigenvalue weighted by Gasteiger charge is -2.36. The fourth-order valence-corrected chi connectivity index (χ4v) is 3.04. The third-order valence-corrected chi connectivity index (χ3v) is 4.35. The van der Waals surface area contributed by atoms with Crippen molar-refractivity contribution in [3.63, 3.8) is 0 Å². The highest BCUT2D eigenvalue weighted by Crippen LogP contribution is 2.28. The first-order valence-electron chi connectivity index (χ1n) is 8.41. The fourth-order valence-electron chi connectivity index (χ4n) is 3.04. The molecule has 0 aromatic heterocycles. The van der Waals surface area contributed by atoms with Crippen molar-refractivity contribution < 1.29 is 9.47 Å². The topological polar surface area (TPSA) is 24.9 Å². The number of anilines is 1. The molecular weight excluding hydrogens is 427 g/mol. The third-order valence-electron chi connectivity index (χ3n) is 4.35. The SMILES string of the molecule is CI.COc1ccc(CN2CCN(c3ccccc3)CC2)cc1OC. The molecule has 0 aliphatic carbocycles. The largest absolute Gasteiger partial charge is 0.493 e. The van der Waals surface area contributed by atoms with Crippen LogP contribution in [0.15, 0.2) is 48.5 Å². The van der Waals surface area contributed by atoms with Crippen molar-refractivity contribution >= 4 is 28.3 Å². The quantitative estimate of drug-likeness (QED) is 0.502. The van der Waals surface area contributed by atoms with Crippen LogP contribution in [-0.4, -0.2) is 50.2 Å². The summed E-state index contributed by atoms with van der Waals surface area (Å²) in [6, 6.07) is 16.8. The predicted molar refractivity (Wildman–Crippen MR) is 113 cm³/mol. The Morgan fingerprint density at radius 3 is 2.08 bits per heavy atom. The van der Waals surface area contributed by atoms with E-state index < -0.39 is 0 Å². The van der Waals surface area contributed by atoms with Gasteiger partial charge in [-0.2, -0.15) is 0 Å². The molecule has 1 heterocycles. The van der Waals surface area contributed by atoms with Crippen LogP contribution in [0.5, 0.6) is 11.5 Å². The van der Waals surface area contributed by atoms with Crippen molar-refractivity contribution in [3.05, 3.63) is 54.1 Å². The van der Waals surface area contributed by atoms with Crippen molar-refractivity contribution in [1.82, 2.24) is 4.90 Å². The maximum absolute atomic E-state index is 5.39. The molecule has 1 fully saturated rings. The molecule has 5 heteroatoms. The van der Waals surface area contributed by atoms with Gasteiger partial charge < -0.3 is 14.4 Å². The van der Waals surface area contributed by atoms with Gasteiger partial charge in [-0.25, -0.2) is 0 Å². The third kappa shape index (κ3) is 5.51. The summed E-state index contributed by atoms with van der Waals surface area (Å²) in [6.07, 6.45) is 0. The minimum Gasteiger partial charge on any atom is -0.493 e. The van der Waals surface area contributed by atoms with Gasteiger partial charge in [0, 0.05) is 38.4 Å². The lowest BCUT2D eigenvalue weighted by atomic mass is 10.1. The molecule has 2 aromatic carbocycles. The number of piperazine rings is 1. The Morgan fingerprint density at radius 1 is 0.840 bits per heavy atom. The Balaban J connectivity index is 0.00000109. The zero-order valence-electron chi connectivity index (χ0n) is 15.2. The Labute approximate surface area is 164 Å². The highest BCUT2D eigenvalue weighted by atomic mass is 127. The second kappa shape index (κ2) is 10.5. The maximum Gasteiger partial charge on any atom is 0.161 e. The summed E-state index contributed by atoms with van der Waals surface area (Å²) >= 11 is 2.15. The summed E-state index contributed by atoms with van der Waals surface area (Å²) in [4.78, 5) is 6.91. The molecule has 0 spiro atoms. The maximum atomic E-state index is 5.39. The van der Waals surface area contributed by atoms with Crippen LogP contribution in [0, 0.1) is 0 Å². The molecule has 0 atom stereocenters. The zero-order chi connectivity index (χ0) is 18.1. The molecular formula is C20H27IN2O2. The van der Waals surface area contributed by atoms with Crippen LogP contribution in [0.3, 0.4) is 0 Å². The molecule has 25 heavy (non-hydrogen) atoms. The van der Waals surface area contributed by atoms with Crippen LogP contribution in [0.1, 0.15) is 5.56 Å². The lowest BCUT2D eigenvalue weighted by Crippen LogP contribution is -2.45. The summed E-state index contributed by atoms with van der Waals surface area (Å²) in [7, 11) is 3.35. The molecule has 1 aliphatic heterocycles. The van der Waals surface area contributed by atoms with Gasteiger partial charge in [-0.3, -0.25) is 4.90 Å². The normalized spacial score (nSPS) is 14.5. The van der Waals surface area contributed by atoms with Gasteiger partial charge in [-0.1, -0.05) is 46.9 Å². The van der Waals surface area contributed by atoms with Gasteiger partial charge in [-0.15, -0.1) is 0 Å². The van der Waals surface area contributed by atoms with Crippen LogP contribution < -0.4 is 14.4 Å². The number of rotatable bonds is 5. The van der Waals surface area contributed by atoms with E-state index in [-0.39, 0.29) is 0 Å². The number of benzene rings is 2. The van der Waals surface area contributed by atoms with Crippen LogP contribution >= 0.6 is 22.6 Å². The number of para-hydroxylation sites is 1. The number of alkyl halides is 1. The average Bonchev–Trinajstić information content (AvgIpc) is 2.70. The molecule has 2 aromatic rings. The smallest absolute Gasteiger partial charge is 0.161 e. The first-order valence-corrected chi connectivity index (χ1v) is 10.6. The van der Waals surface area contributed by atoms with Crippen LogP contribution in [0.2, 0.25) is 0 Å². The van der Waals surface area contributed by atoms with E-state index in [0.717, 1.165) is 44.2 Å². The molecule has 1 saturated heterocycles. The summed E-state index contributed by atoms with van der Waals surface area (Å²) in [5, 5.41) is 0. The minimum atomic E-state index is 0.783. The van der Waals surface area contributed by atoms with Gasteiger partial charge in [0.05, 0.1) is 14.2 Å². The summed E-state index contributed by atoms with van der Waals surface area (Å²) in [5.74, 6) is 1.58. The lowest BCUT2D eigenvalue weighted by molar-refractivity contribution is 0.249. The Kier molecular flexibility index (Phi) is 8.34. The van der Waals surface area contributed by atoms with E-state index in [0.29, 0.717) is 0 Å². The monoisotopic (exact) mass is 454 g/mol. The van der Waals surface area contributed by atoms with Crippen molar-refractivity contribution in [1.29, 1.82) is 0 Å². The molecule has 0 bridgehead atoms. The zero-order valence-corrected chi connectivity index (χ0v) is 17.4. The standard InChI is InChI=1S/C19H24N2O2.CH3I/c1-22-18-9-8-16(14-19(18)23-2)15-20-10-12-21(13-11-20)17-6-4-3-5-7-17;1-2/h3-9,14H,10-13,15H2,1-2H3;1H3. The highest BCUT2D eigenvalue weighted by Gasteiger charge is 2.17. The number of nitrogens with zero attached hydrogens (tertiary/aromatic N) is 2. The molecule has 136 valence electrons. The minimum absolute atomic E-state index is 0.783. The number of halogens is 1. The molecule has 0 radical (unpaired) electrons. The molecule has 3 rings (SSSR count). The predicted octanol–water partition coefficient (Wildman–Crippen LogP) is 4.08. The number of hydrogen-bond acceptors (Lipinski definition) is 4. The molecule has 0 saturated carbocycles. The summed E-state index contributed by atoms with van der Waals surface area (Å²) < 4.78 is 10.7. The first kappa shape index (κ1) is 19.8. The van der Waals surface area contributed by atoms with Gasteiger partial charge in [0.15, 0.2) is 11.5 Å². The Bertz CT molecular complexity index is 629. The van der Waals surface area contributed by atoms with E-state index in [1.165, 1.54) is 11.3 Å².